The summed E-state index contributed by atoms with van der Waals surface area (Å²) in [7, 11) is 1.64. The van der Waals surface area contributed by atoms with E-state index >= 15 is 0 Å². The Labute approximate surface area is 108 Å². The molecule has 1 aromatic carbocycles. The number of methoxy groups -OCH3 is 1. The molecule has 0 saturated carbocycles. The van der Waals surface area contributed by atoms with E-state index in [-0.39, 0.29) is 11.3 Å². The third-order valence-electron chi connectivity index (χ3n) is 2.93. The molecule has 0 radical (unpaired) electrons. The Balaban J connectivity index is 2.96. The van der Waals surface area contributed by atoms with Crippen LogP contribution in [0, 0.1) is 0 Å². The Morgan fingerprint density at radius 2 is 2.06 bits per heavy atom. The van der Waals surface area contributed by atoms with Gasteiger partial charge >= 0.3 is 0 Å². The van der Waals surface area contributed by atoms with Gasteiger partial charge in [-0.2, -0.15) is 0 Å². The minimum absolute atomic E-state index is 0.0805. The van der Waals surface area contributed by atoms with Gasteiger partial charge in [-0.3, -0.25) is 10.2 Å². The quantitative estimate of drug-likeness (QED) is 0.487. The molecule has 0 saturated heterocycles. The summed E-state index contributed by atoms with van der Waals surface area (Å²) in [6, 6.07) is 6.12. The lowest BCUT2D eigenvalue weighted by Crippen LogP contribution is -2.30. The molecule has 0 heterocycles. The van der Waals surface area contributed by atoms with Crippen LogP contribution in [0.2, 0.25) is 0 Å². The summed E-state index contributed by atoms with van der Waals surface area (Å²) in [6.07, 6.45) is 0.983. The van der Waals surface area contributed by atoms with Gasteiger partial charge in [-0.1, -0.05) is 32.9 Å². The first-order chi connectivity index (χ1) is 8.38. The van der Waals surface area contributed by atoms with Crippen LogP contribution in [-0.4, -0.2) is 13.0 Å². The number of nitrogens with one attached hydrogen (secondary N) is 1. The second-order valence-electron chi connectivity index (χ2n) is 5.34. The largest absolute Gasteiger partial charge is 0.496 e. The number of carbonyl (C=O) groups excluding carboxylic acids is 1. The van der Waals surface area contributed by atoms with Crippen LogP contribution in [0.4, 0.5) is 0 Å². The smallest absolute Gasteiger partial charge is 0.234 e. The van der Waals surface area contributed by atoms with E-state index in [4.69, 9.17) is 10.6 Å². The van der Waals surface area contributed by atoms with Crippen LogP contribution in [0.5, 0.6) is 5.75 Å². The standard InChI is InChI=1S/C14H22N2O2/c1-14(2,3)11-6-7-12(18-4)10(9-11)5-8-13(17)16-15/h6-7,9H,5,8,15H2,1-4H3,(H,16,17). The number of ether oxygens (including phenoxy) is 1. The van der Waals surface area contributed by atoms with Crippen molar-refractivity contribution >= 4 is 5.91 Å². The first kappa shape index (κ1) is 14.5. The van der Waals surface area contributed by atoms with Gasteiger partial charge in [0, 0.05) is 6.42 Å². The second-order valence-corrected chi connectivity index (χ2v) is 5.34. The Morgan fingerprint density at radius 1 is 1.39 bits per heavy atom. The first-order valence-electron chi connectivity index (χ1n) is 6.05. The highest BCUT2D eigenvalue weighted by molar-refractivity contribution is 5.75. The number of hydrazine groups is 1. The number of hydrogen-bond donors (Lipinski definition) is 2. The summed E-state index contributed by atoms with van der Waals surface area (Å²) >= 11 is 0. The summed E-state index contributed by atoms with van der Waals surface area (Å²) < 4.78 is 5.32. The van der Waals surface area contributed by atoms with Gasteiger partial charge in [0.2, 0.25) is 5.91 Å². The lowest BCUT2D eigenvalue weighted by atomic mass is 9.85. The molecule has 0 atom stereocenters. The van der Waals surface area contributed by atoms with E-state index in [1.807, 2.05) is 6.07 Å². The van der Waals surface area contributed by atoms with Crippen molar-refractivity contribution in [2.45, 2.75) is 39.0 Å². The monoisotopic (exact) mass is 250 g/mol. The molecule has 1 amide bonds. The summed E-state index contributed by atoms with van der Waals surface area (Å²) in [6.45, 7) is 6.47. The predicted octanol–water partition coefficient (Wildman–Crippen LogP) is 1.92. The van der Waals surface area contributed by atoms with E-state index in [1.54, 1.807) is 7.11 Å². The highest BCUT2D eigenvalue weighted by atomic mass is 16.5. The van der Waals surface area contributed by atoms with Crippen molar-refractivity contribution in [3.8, 4) is 5.75 Å². The van der Waals surface area contributed by atoms with Crippen molar-refractivity contribution in [3.05, 3.63) is 29.3 Å². The van der Waals surface area contributed by atoms with Crippen LogP contribution in [0.1, 0.15) is 38.3 Å². The molecule has 3 N–H and O–H groups in total. The molecule has 4 nitrogen and oxygen atoms in total. The molecule has 0 bridgehead atoms. The Bertz CT molecular complexity index is 422. The first-order valence-corrected chi connectivity index (χ1v) is 6.05. The number of carbonyl (C=O) groups is 1. The average molecular weight is 250 g/mol. The fourth-order valence-corrected chi connectivity index (χ4v) is 1.76. The Hall–Kier alpha value is -1.55. The molecular weight excluding hydrogens is 228 g/mol. The van der Waals surface area contributed by atoms with Crippen molar-refractivity contribution in [1.29, 1.82) is 0 Å². The highest BCUT2D eigenvalue weighted by Gasteiger charge is 2.16. The maximum Gasteiger partial charge on any atom is 0.234 e. The van der Waals surface area contributed by atoms with Gasteiger partial charge in [-0.25, -0.2) is 5.84 Å². The number of rotatable bonds is 4. The second kappa shape index (κ2) is 5.87. The van der Waals surface area contributed by atoms with Gasteiger partial charge in [0.1, 0.15) is 5.75 Å². The molecule has 0 spiro atoms. The molecule has 18 heavy (non-hydrogen) atoms. The molecule has 0 aliphatic carbocycles. The Morgan fingerprint density at radius 3 is 2.56 bits per heavy atom. The van der Waals surface area contributed by atoms with Gasteiger partial charge < -0.3 is 4.74 Å². The van der Waals surface area contributed by atoms with Gasteiger partial charge in [0.15, 0.2) is 0 Å². The molecule has 0 aliphatic heterocycles. The van der Waals surface area contributed by atoms with E-state index in [1.165, 1.54) is 5.56 Å². The van der Waals surface area contributed by atoms with E-state index < -0.39 is 0 Å². The van der Waals surface area contributed by atoms with Crippen LogP contribution in [0.15, 0.2) is 18.2 Å². The molecule has 0 unspecified atom stereocenters. The van der Waals surface area contributed by atoms with Crippen LogP contribution in [-0.2, 0) is 16.6 Å². The summed E-state index contributed by atoms with van der Waals surface area (Å²) in [5.74, 6) is 5.72. The third-order valence-corrected chi connectivity index (χ3v) is 2.93. The van der Waals surface area contributed by atoms with Crippen molar-refractivity contribution in [2.75, 3.05) is 7.11 Å². The zero-order chi connectivity index (χ0) is 13.8. The molecule has 100 valence electrons. The van der Waals surface area contributed by atoms with Gasteiger partial charge in [-0.15, -0.1) is 0 Å². The van der Waals surface area contributed by atoms with Gasteiger partial charge in [0.25, 0.3) is 0 Å². The number of benzene rings is 1. The van der Waals surface area contributed by atoms with E-state index in [9.17, 15) is 4.79 Å². The summed E-state index contributed by atoms with van der Waals surface area (Å²) in [5, 5.41) is 0. The summed E-state index contributed by atoms with van der Waals surface area (Å²) in [4.78, 5) is 11.2. The van der Waals surface area contributed by atoms with Gasteiger partial charge in [-0.05, 0) is 29.0 Å². The fraction of sp³-hybridized carbons (Fsp3) is 0.500. The van der Waals surface area contributed by atoms with Crippen molar-refractivity contribution in [1.82, 2.24) is 5.43 Å². The minimum Gasteiger partial charge on any atom is -0.496 e. The highest BCUT2D eigenvalue weighted by Crippen LogP contribution is 2.28. The van der Waals surface area contributed by atoms with E-state index in [2.05, 4.69) is 38.3 Å². The molecule has 1 aromatic rings. The van der Waals surface area contributed by atoms with Crippen LogP contribution in [0.3, 0.4) is 0 Å². The molecule has 4 heteroatoms. The van der Waals surface area contributed by atoms with Crippen molar-refractivity contribution < 1.29 is 9.53 Å². The molecule has 0 fully saturated rings. The van der Waals surface area contributed by atoms with Crippen LogP contribution >= 0.6 is 0 Å². The van der Waals surface area contributed by atoms with Crippen LogP contribution < -0.4 is 16.0 Å². The predicted molar refractivity (Wildman–Crippen MR) is 72.3 cm³/mol. The van der Waals surface area contributed by atoms with E-state index in [0.29, 0.717) is 12.8 Å². The molecular formula is C14H22N2O2. The van der Waals surface area contributed by atoms with Crippen molar-refractivity contribution in [3.63, 3.8) is 0 Å². The van der Waals surface area contributed by atoms with E-state index in [0.717, 1.165) is 11.3 Å². The van der Waals surface area contributed by atoms with Gasteiger partial charge in [0.05, 0.1) is 7.11 Å². The number of hydrogen-bond acceptors (Lipinski definition) is 3. The normalized spacial score (nSPS) is 11.2. The maximum absolute atomic E-state index is 11.2. The average Bonchev–Trinajstić information content (AvgIpc) is 2.34. The Kier molecular flexibility index (Phi) is 4.73. The molecule has 1 rings (SSSR count). The topological polar surface area (TPSA) is 64.3 Å². The van der Waals surface area contributed by atoms with Crippen LogP contribution in [0.25, 0.3) is 0 Å². The summed E-state index contributed by atoms with van der Waals surface area (Å²) in [5.41, 5.74) is 4.48. The van der Waals surface area contributed by atoms with Crippen molar-refractivity contribution in [2.24, 2.45) is 5.84 Å². The lowest BCUT2D eigenvalue weighted by Gasteiger charge is -2.21. The molecule has 0 aliphatic rings. The lowest BCUT2D eigenvalue weighted by molar-refractivity contribution is -0.121. The molecule has 0 aromatic heterocycles. The fourth-order valence-electron chi connectivity index (χ4n) is 1.76. The number of amides is 1. The maximum atomic E-state index is 11.2. The number of aryl methyl sites for hydroxylation is 1. The zero-order valence-electron chi connectivity index (χ0n) is 11.5. The SMILES string of the molecule is COc1ccc(C(C)(C)C)cc1CCC(=O)NN. The number of nitrogens with two attached hydrogens (primary N) is 1. The third kappa shape index (κ3) is 3.74. The minimum atomic E-state index is -0.168. The zero-order valence-corrected chi connectivity index (χ0v) is 11.5.